The molecule has 0 bridgehead atoms. The molecular weight excluding hydrogens is 346 g/mol. The van der Waals surface area contributed by atoms with Gasteiger partial charge in [0, 0.05) is 3.57 Å². The van der Waals surface area contributed by atoms with Crippen molar-refractivity contribution in [2.24, 2.45) is 0 Å². The Morgan fingerprint density at radius 3 is 2.44 bits per heavy atom. The van der Waals surface area contributed by atoms with Crippen LogP contribution in [0, 0.1) is 9.39 Å². The van der Waals surface area contributed by atoms with Crippen molar-refractivity contribution in [1.82, 2.24) is 0 Å². The van der Waals surface area contributed by atoms with E-state index in [2.05, 4.69) is 22.6 Å². The maximum Gasteiger partial charge on any atom is 0.163 e. The van der Waals surface area contributed by atoms with Crippen molar-refractivity contribution in [1.29, 1.82) is 0 Å². The van der Waals surface area contributed by atoms with Crippen LogP contribution in [0.5, 0.6) is 11.5 Å². The number of benzene rings is 2. The quantitative estimate of drug-likeness (QED) is 0.601. The number of carbonyl (C=O) groups excluding carboxylic acids is 1. The minimum atomic E-state index is -0.449. The summed E-state index contributed by atoms with van der Waals surface area (Å²) in [5.41, 5.74) is 0.244. The van der Waals surface area contributed by atoms with Gasteiger partial charge in [0.1, 0.15) is 17.3 Å². The second-order valence-electron chi connectivity index (χ2n) is 3.75. The molecule has 0 radical (unpaired) electrons. The van der Waals surface area contributed by atoms with E-state index in [1.165, 1.54) is 25.1 Å². The summed E-state index contributed by atoms with van der Waals surface area (Å²) in [4.78, 5) is 11.4. The standard InChI is InChI=1S/C14H10FIO2/c1-9(17)13-8-10(15)2-7-14(13)18-12-5-3-11(16)4-6-12/h2-8H,1H3. The van der Waals surface area contributed by atoms with Gasteiger partial charge in [-0.15, -0.1) is 0 Å². The van der Waals surface area contributed by atoms with Gasteiger partial charge in [0.05, 0.1) is 5.56 Å². The Morgan fingerprint density at radius 1 is 1.17 bits per heavy atom. The van der Waals surface area contributed by atoms with E-state index in [-0.39, 0.29) is 11.3 Å². The van der Waals surface area contributed by atoms with Crippen LogP contribution in [-0.2, 0) is 0 Å². The lowest BCUT2D eigenvalue weighted by Gasteiger charge is -2.09. The third kappa shape index (κ3) is 3.07. The lowest BCUT2D eigenvalue weighted by Crippen LogP contribution is -1.98. The number of ether oxygens (including phenoxy) is 1. The fourth-order valence-corrected chi connectivity index (χ4v) is 1.86. The molecule has 0 unspecified atom stereocenters. The maximum absolute atomic E-state index is 13.1. The van der Waals surface area contributed by atoms with Gasteiger partial charge in [-0.3, -0.25) is 4.79 Å². The Bertz CT molecular complexity index is 579. The van der Waals surface area contributed by atoms with Crippen molar-refractivity contribution in [3.05, 3.63) is 57.4 Å². The SMILES string of the molecule is CC(=O)c1cc(F)ccc1Oc1ccc(I)cc1. The molecule has 0 aliphatic heterocycles. The van der Waals surface area contributed by atoms with Crippen LogP contribution in [0.4, 0.5) is 4.39 Å². The van der Waals surface area contributed by atoms with E-state index in [0.717, 1.165) is 3.57 Å². The van der Waals surface area contributed by atoms with Crippen molar-refractivity contribution < 1.29 is 13.9 Å². The van der Waals surface area contributed by atoms with Crippen molar-refractivity contribution >= 4 is 28.4 Å². The summed E-state index contributed by atoms with van der Waals surface area (Å²) < 4.78 is 19.8. The van der Waals surface area contributed by atoms with Gasteiger partial charge in [-0.25, -0.2) is 4.39 Å². The third-order valence-corrected chi connectivity index (χ3v) is 3.08. The van der Waals surface area contributed by atoms with Crippen LogP contribution in [0.15, 0.2) is 42.5 Å². The maximum atomic E-state index is 13.1. The molecule has 2 nitrogen and oxygen atoms in total. The average molecular weight is 356 g/mol. The summed E-state index contributed by atoms with van der Waals surface area (Å²) in [7, 11) is 0. The largest absolute Gasteiger partial charge is 0.457 e. The van der Waals surface area contributed by atoms with Gasteiger partial charge in [-0.1, -0.05) is 0 Å². The normalized spacial score (nSPS) is 10.2. The molecule has 0 aromatic heterocycles. The van der Waals surface area contributed by atoms with Crippen LogP contribution in [0.1, 0.15) is 17.3 Å². The summed E-state index contributed by atoms with van der Waals surface area (Å²) in [6, 6.07) is 11.3. The molecule has 0 spiro atoms. The molecule has 2 aromatic carbocycles. The van der Waals surface area contributed by atoms with Crippen molar-refractivity contribution in [2.45, 2.75) is 6.92 Å². The second kappa shape index (κ2) is 5.48. The van der Waals surface area contributed by atoms with E-state index < -0.39 is 5.82 Å². The molecule has 18 heavy (non-hydrogen) atoms. The van der Waals surface area contributed by atoms with Gasteiger partial charge >= 0.3 is 0 Å². The summed E-state index contributed by atoms with van der Waals surface area (Å²) in [5, 5.41) is 0. The Hall–Kier alpha value is -1.43. The number of ketones is 1. The van der Waals surface area contributed by atoms with Crippen molar-refractivity contribution in [2.75, 3.05) is 0 Å². The molecular formula is C14H10FIO2. The smallest absolute Gasteiger partial charge is 0.163 e. The minimum absolute atomic E-state index is 0.227. The molecule has 0 atom stereocenters. The Kier molecular flexibility index (Phi) is 3.96. The topological polar surface area (TPSA) is 26.3 Å². The zero-order chi connectivity index (χ0) is 13.1. The highest BCUT2D eigenvalue weighted by Crippen LogP contribution is 2.26. The van der Waals surface area contributed by atoms with Gasteiger partial charge in [0.25, 0.3) is 0 Å². The van der Waals surface area contributed by atoms with Gasteiger partial charge in [-0.05, 0) is 72.0 Å². The van der Waals surface area contributed by atoms with E-state index in [1.54, 1.807) is 12.1 Å². The van der Waals surface area contributed by atoms with Crippen LogP contribution in [0.3, 0.4) is 0 Å². The van der Waals surface area contributed by atoms with Gasteiger partial charge in [-0.2, -0.15) is 0 Å². The first-order valence-corrected chi connectivity index (χ1v) is 6.38. The molecule has 2 rings (SSSR count). The fraction of sp³-hybridized carbons (Fsp3) is 0.0714. The fourth-order valence-electron chi connectivity index (χ4n) is 1.50. The number of Topliss-reactive ketones (excluding diaryl/α,β-unsaturated/α-hetero) is 1. The molecule has 92 valence electrons. The third-order valence-electron chi connectivity index (χ3n) is 2.36. The van der Waals surface area contributed by atoms with E-state index in [9.17, 15) is 9.18 Å². The summed E-state index contributed by atoms with van der Waals surface area (Å²) in [6.45, 7) is 1.38. The highest BCUT2D eigenvalue weighted by molar-refractivity contribution is 14.1. The van der Waals surface area contributed by atoms with Crippen LogP contribution < -0.4 is 4.74 Å². The molecule has 2 aromatic rings. The zero-order valence-corrected chi connectivity index (χ0v) is 11.8. The molecule has 0 fully saturated rings. The number of carbonyl (C=O) groups is 1. The highest BCUT2D eigenvalue weighted by atomic mass is 127. The minimum Gasteiger partial charge on any atom is -0.457 e. The number of halogens is 2. The predicted molar refractivity (Wildman–Crippen MR) is 75.6 cm³/mol. The summed E-state index contributed by atoms with van der Waals surface area (Å²) in [5.74, 6) is 0.305. The summed E-state index contributed by atoms with van der Waals surface area (Å²) >= 11 is 2.19. The summed E-state index contributed by atoms with van der Waals surface area (Å²) in [6.07, 6.45) is 0. The van der Waals surface area contributed by atoms with Crippen LogP contribution in [0.25, 0.3) is 0 Å². The molecule has 0 heterocycles. The number of hydrogen-bond donors (Lipinski definition) is 0. The molecule has 0 aliphatic carbocycles. The van der Waals surface area contributed by atoms with Crippen LogP contribution in [0.2, 0.25) is 0 Å². The van der Waals surface area contributed by atoms with E-state index >= 15 is 0 Å². The molecule has 0 aliphatic rings. The van der Waals surface area contributed by atoms with Gasteiger partial charge < -0.3 is 4.74 Å². The second-order valence-corrected chi connectivity index (χ2v) is 5.00. The van der Waals surface area contributed by atoms with Gasteiger partial charge in [0.15, 0.2) is 5.78 Å². The first-order valence-electron chi connectivity index (χ1n) is 5.30. The van der Waals surface area contributed by atoms with E-state index in [1.807, 2.05) is 12.1 Å². The van der Waals surface area contributed by atoms with E-state index in [0.29, 0.717) is 11.5 Å². The Labute approximate surface area is 118 Å². The molecule has 0 saturated carbocycles. The van der Waals surface area contributed by atoms with Crippen LogP contribution in [-0.4, -0.2) is 5.78 Å². The Balaban J connectivity index is 2.34. The Morgan fingerprint density at radius 2 is 1.83 bits per heavy atom. The average Bonchev–Trinajstić information content (AvgIpc) is 2.34. The van der Waals surface area contributed by atoms with Crippen molar-refractivity contribution in [3.63, 3.8) is 0 Å². The molecule has 4 heteroatoms. The monoisotopic (exact) mass is 356 g/mol. The van der Waals surface area contributed by atoms with E-state index in [4.69, 9.17) is 4.74 Å². The number of hydrogen-bond acceptors (Lipinski definition) is 2. The van der Waals surface area contributed by atoms with Gasteiger partial charge in [0.2, 0.25) is 0 Å². The van der Waals surface area contributed by atoms with Crippen LogP contribution >= 0.6 is 22.6 Å². The first-order chi connectivity index (χ1) is 8.56. The highest BCUT2D eigenvalue weighted by Gasteiger charge is 2.10. The lowest BCUT2D eigenvalue weighted by molar-refractivity contribution is 0.101. The first kappa shape index (κ1) is 13.0. The zero-order valence-electron chi connectivity index (χ0n) is 9.61. The lowest BCUT2D eigenvalue weighted by atomic mass is 10.1. The molecule has 0 N–H and O–H groups in total. The number of rotatable bonds is 3. The predicted octanol–water partition coefficient (Wildman–Crippen LogP) is 4.43. The molecule has 0 amide bonds. The molecule has 0 saturated heterocycles. The van der Waals surface area contributed by atoms with Crippen molar-refractivity contribution in [3.8, 4) is 11.5 Å².